The topological polar surface area (TPSA) is 54.0 Å². The Bertz CT molecular complexity index is 312. The summed E-state index contributed by atoms with van der Waals surface area (Å²) >= 11 is 5.64. The van der Waals surface area contributed by atoms with Gasteiger partial charge in [-0.3, -0.25) is 0 Å². The van der Waals surface area contributed by atoms with Gasteiger partial charge in [-0.25, -0.2) is 9.78 Å². The lowest BCUT2D eigenvalue weighted by molar-refractivity contribution is 0.240. The molecule has 0 saturated heterocycles. The van der Waals surface area contributed by atoms with Crippen LogP contribution in [0, 0.1) is 0 Å². The van der Waals surface area contributed by atoms with Crippen LogP contribution in [0.2, 0.25) is 5.15 Å². The normalized spacial score (nSPS) is 11.9. The van der Waals surface area contributed by atoms with Gasteiger partial charge in [0, 0.05) is 13.2 Å². The van der Waals surface area contributed by atoms with Crippen molar-refractivity contribution in [2.45, 2.75) is 13.0 Å². The van der Waals surface area contributed by atoms with Gasteiger partial charge in [-0.1, -0.05) is 17.7 Å². The lowest BCUT2D eigenvalue weighted by Crippen LogP contribution is -2.34. The maximum absolute atomic E-state index is 11.0. The van der Waals surface area contributed by atoms with E-state index in [1.807, 2.05) is 13.0 Å². The van der Waals surface area contributed by atoms with Crippen molar-refractivity contribution in [2.75, 3.05) is 7.05 Å². The number of nitrogens with zero attached hydrogens (tertiary/aromatic N) is 1. The minimum absolute atomic E-state index is 0.0836. The molecule has 0 aliphatic rings. The lowest BCUT2D eigenvalue weighted by atomic mass is 10.1. The second-order valence-electron chi connectivity index (χ2n) is 2.86. The van der Waals surface area contributed by atoms with Crippen LogP contribution in [0.25, 0.3) is 0 Å². The van der Waals surface area contributed by atoms with E-state index in [0.717, 1.165) is 5.56 Å². The molecule has 1 aromatic rings. The maximum atomic E-state index is 11.0. The molecule has 1 heterocycles. The Morgan fingerprint density at radius 2 is 2.29 bits per heavy atom. The Morgan fingerprint density at radius 3 is 2.79 bits per heavy atom. The summed E-state index contributed by atoms with van der Waals surface area (Å²) in [5.41, 5.74) is 0.915. The predicted octanol–water partition coefficient (Wildman–Crippen LogP) is 1.72. The van der Waals surface area contributed by atoms with Gasteiger partial charge in [0.1, 0.15) is 5.15 Å². The minimum Gasteiger partial charge on any atom is -0.341 e. The molecule has 2 N–H and O–H groups in total. The van der Waals surface area contributed by atoms with Gasteiger partial charge in [0.25, 0.3) is 0 Å². The number of aromatic nitrogens is 1. The first-order valence-electron chi connectivity index (χ1n) is 4.23. The third-order valence-corrected chi connectivity index (χ3v) is 2.05. The van der Waals surface area contributed by atoms with Crippen LogP contribution in [0.3, 0.4) is 0 Å². The van der Waals surface area contributed by atoms with Gasteiger partial charge in [0.2, 0.25) is 0 Å². The fourth-order valence-electron chi connectivity index (χ4n) is 0.996. The van der Waals surface area contributed by atoms with Gasteiger partial charge in [-0.05, 0) is 18.6 Å². The number of urea groups is 1. The number of amides is 2. The van der Waals surface area contributed by atoms with Crippen molar-refractivity contribution in [3.63, 3.8) is 0 Å². The van der Waals surface area contributed by atoms with E-state index in [-0.39, 0.29) is 12.1 Å². The summed E-state index contributed by atoms with van der Waals surface area (Å²) in [6.07, 6.45) is 1.64. The SMILES string of the molecule is CNC(=O)N[C@H](C)c1ccc(Cl)nc1. The quantitative estimate of drug-likeness (QED) is 0.736. The summed E-state index contributed by atoms with van der Waals surface area (Å²) in [6.45, 7) is 1.88. The molecule has 1 rings (SSSR count). The third-order valence-electron chi connectivity index (χ3n) is 1.82. The van der Waals surface area contributed by atoms with Crippen LogP contribution in [0.5, 0.6) is 0 Å². The van der Waals surface area contributed by atoms with Crippen LogP contribution in [0.1, 0.15) is 18.5 Å². The fraction of sp³-hybridized carbons (Fsp3) is 0.333. The van der Waals surface area contributed by atoms with Crippen molar-refractivity contribution >= 4 is 17.6 Å². The molecule has 0 bridgehead atoms. The highest BCUT2D eigenvalue weighted by Gasteiger charge is 2.07. The molecule has 0 unspecified atom stereocenters. The number of carbonyl (C=O) groups excluding carboxylic acids is 1. The molecule has 0 aromatic carbocycles. The predicted molar refractivity (Wildman–Crippen MR) is 55.3 cm³/mol. The molecule has 0 aliphatic carbocycles. The highest BCUT2D eigenvalue weighted by molar-refractivity contribution is 6.29. The number of carbonyl (C=O) groups is 1. The van der Waals surface area contributed by atoms with Gasteiger partial charge in [0.05, 0.1) is 6.04 Å². The van der Waals surface area contributed by atoms with Crippen LogP contribution in [0.4, 0.5) is 4.79 Å². The average molecular weight is 214 g/mol. The number of pyridine rings is 1. The van der Waals surface area contributed by atoms with Gasteiger partial charge >= 0.3 is 6.03 Å². The van der Waals surface area contributed by atoms with Gasteiger partial charge in [0.15, 0.2) is 0 Å². The molecule has 0 saturated carbocycles. The Kier molecular flexibility index (Phi) is 3.71. The first-order chi connectivity index (χ1) is 6.63. The van der Waals surface area contributed by atoms with Crippen molar-refractivity contribution in [2.24, 2.45) is 0 Å². The van der Waals surface area contributed by atoms with E-state index in [9.17, 15) is 4.79 Å². The molecule has 0 fully saturated rings. The zero-order valence-corrected chi connectivity index (χ0v) is 8.80. The average Bonchev–Trinajstić information content (AvgIpc) is 2.18. The second-order valence-corrected chi connectivity index (χ2v) is 3.25. The second kappa shape index (κ2) is 4.81. The van der Waals surface area contributed by atoms with Crippen LogP contribution >= 0.6 is 11.6 Å². The molecular formula is C9H12ClN3O. The first-order valence-corrected chi connectivity index (χ1v) is 4.61. The summed E-state index contributed by atoms with van der Waals surface area (Å²) < 4.78 is 0. The smallest absolute Gasteiger partial charge is 0.315 e. The lowest BCUT2D eigenvalue weighted by Gasteiger charge is -2.13. The summed E-state index contributed by atoms with van der Waals surface area (Å²) in [5, 5.41) is 5.66. The highest BCUT2D eigenvalue weighted by Crippen LogP contribution is 2.12. The Labute approximate surface area is 87.7 Å². The van der Waals surface area contributed by atoms with E-state index in [0.29, 0.717) is 5.15 Å². The van der Waals surface area contributed by atoms with Crippen molar-refractivity contribution in [3.05, 3.63) is 29.0 Å². The highest BCUT2D eigenvalue weighted by atomic mass is 35.5. The van der Waals surface area contributed by atoms with Crippen molar-refractivity contribution < 1.29 is 4.79 Å². The zero-order chi connectivity index (χ0) is 10.6. The molecule has 1 atom stereocenters. The van der Waals surface area contributed by atoms with Crippen molar-refractivity contribution in [1.82, 2.24) is 15.6 Å². The fourth-order valence-corrected chi connectivity index (χ4v) is 1.11. The number of hydrogen-bond acceptors (Lipinski definition) is 2. The summed E-state index contributed by atoms with van der Waals surface area (Å²) in [4.78, 5) is 14.9. The number of halogens is 1. The van der Waals surface area contributed by atoms with Crippen LogP contribution in [-0.4, -0.2) is 18.1 Å². The van der Waals surface area contributed by atoms with Gasteiger partial charge in [-0.2, -0.15) is 0 Å². The largest absolute Gasteiger partial charge is 0.341 e. The van der Waals surface area contributed by atoms with Crippen molar-refractivity contribution in [1.29, 1.82) is 0 Å². The first kappa shape index (κ1) is 10.8. The summed E-state index contributed by atoms with van der Waals surface area (Å²) in [6, 6.07) is 3.22. The molecule has 0 spiro atoms. The maximum Gasteiger partial charge on any atom is 0.315 e. The number of rotatable bonds is 2. The van der Waals surface area contributed by atoms with Gasteiger partial charge in [-0.15, -0.1) is 0 Å². The van der Waals surface area contributed by atoms with E-state index < -0.39 is 0 Å². The molecule has 2 amide bonds. The molecule has 14 heavy (non-hydrogen) atoms. The van der Waals surface area contributed by atoms with Gasteiger partial charge < -0.3 is 10.6 Å². The summed E-state index contributed by atoms with van der Waals surface area (Å²) in [5.74, 6) is 0. The Balaban J connectivity index is 2.65. The van der Waals surface area contributed by atoms with Crippen LogP contribution < -0.4 is 10.6 Å². The van der Waals surface area contributed by atoms with Crippen LogP contribution in [0.15, 0.2) is 18.3 Å². The minimum atomic E-state index is -0.215. The molecule has 1 aromatic heterocycles. The molecule has 76 valence electrons. The van der Waals surface area contributed by atoms with E-state index in [4.69, 9.17) is 11.6 Å². The van der Waals surface area contributed by atoms with Crippen LogP contribution in [-0.2, 0) is 0 Å². The monoisotopic (exact) mass is 213 g/mol. The molecule has 0 radical (unpaired) electrons. The Hall–Kier alpha value is -1.29. The van der Waals surface area contributed by atoms with E-state index in [1.165, 1.54) is 0 Å². The van der Waals surface area contributed by atoms with Crippen molar-refractivity contribution in [3.8, 4) is 0 Å². The molecule has 5 heteroatoms. The Morgan fingerprint density at radius 1 is 1.57 bits per heavy atom. The van der Waals surface area contributed by atoms with E-state index in [2.05, 4.69) is 15.6 Å². The zero-order valence-electron chi connectivity index (χ0n) is 8.04. The molecular weight excluding hydrogens is 202 g/mol. The molecule has 0 aliphatic heterocycles. The van der Waals surface area contributed by atoms with E-state index in [1.54, 1.807) is 19.3 Å². The molecule has 4 nitrogen and oxygen atoms in total. The summed E-state index contributed by atoms with van der Waals surface area (Å²) in [7, 11) is 1.57. The number of nitrogens with one attached hydrogen (secondary N) is 2. The number of hydrogen-bond donors (Lipinski definition) is 2. The third kappa shape index (κ3) is 2.88. The standard InChI is InChI=1S/C9H12ClN3O/c1-6(13-9(14)11-2)7-3-4-8(10)12-5-7/h3-6H,1-2H3,(H2,11,13,14)/t6-/m1/s1. The van der Waals surface area contributed by atoms with E-state index >= 15 is 0 Å².